The molecule has 37 heavy (non-hydrogen) atoms. The van der Waals surface area contributed by atoms with Crippen LogP contribution in [0.4, 0.5) is 4.39 Å². The van der Waals surface area contributed by atoms with Crippen molar-refractivity contribution in [2.45, 2.75) is 51.1 Å². The lowest BCUT2D eigenvalue weighted by molar-refractivity contribution is -0.139. The highest BCUT2D eigenvalue weighted by atomic mass is 35.5. The Kier molecular flexibility index (Phi) is 11.3. The van der Waals surface area contributed by atoms with E-state index in [1.54, 1.807) is 29.2 Å². The van der Waals surface area contributed by atoms with E-state index < -0.39 is 11.9 Å². The fourth-order valence-electron chi connectivity index (χ4n) is 3.78. The maximum absolute atomic E-state index is 14.2. The Morgan fingerprint density at radius 2 is 1.68 bits per heavy atom. The summed E-state index contributed by atoms with van der Waals surface area (Å²) >= 11 is 13.5. The van der Waals surface area contributed by atoms with Crippen molar-refractivity contribution in [2.24, 2.45) is 0 Å². The minimum Gasteiger partial charge on any atom is -0.352 e. The molecule has 0 saturated carbocycles. The third kappa shape index (κ3) is 8.77. The lowest BCUT2D eigenvalue weighted by Gasteiger charge is -2.32. The van der Waals surface area contributed by atoms with Gasteiger partial charge in [0.05, 0.1) is 5.75 Å². The molecule has 3 rings (SSSR count). The van der Waals surface area contributed by atoms with Crippen molar-refractivity contribution in [2.75, 3.05) is 5.75 Å². The van der Waals surface area contributed by atoms with E-state index in [-0.39, 0.29) is 35.9 Å². The van der Waals surface area contributed by atoms with Gasteiger partial charge in [-0.2, -0.15) is 0 Å². The zero-order valence-corrected chi connectivity index (χ0v) is 23.3. The minimum atomic E-state index is -0.725. The highest BCUT2D eigenvalue weighted by molar-refractivity contribution is 7.99. The minimum absolute atomic E-state index is 0.0316. The van der Waals surface area contributed by atoms with E-state index >= 15 is 0 Å². The molecule has 0 aromatic heterocycles. The standard InChI is InChI=1S/C29H31Cl2FN2O2S/c1-3-20(2)33-29(36)27(16-21-8-5-4-6-9-21)34(17-22-12-14-23(30)15-13-22)28(35)19-37-18-24-25(31)10-7-11-26(24)32/h4-15,20,27H,3,16-19H2,1-2H3,(H,33,36)/t20-,27+/m1/s1. The van der Waals surface area contributed by atoms with Crippen LogP contribution in [-0.2, 0) is 28.3 Å². The molecule has 3 aromatic carbocycles. The van der Waals surface area contributed by atoms with Gasteiger partial charge in [0.2, 0.25) is 11.8 Å². The molecule has 0 spiro atoms. The van der Waals surface area contributed by atoms with E-state index in [0.717, 1.165) is 17.5 Å². The Balaban J connectivity index is 1.87. The fourth-order valence-corrected chi connectivity index (χ4v) is 5.15. The topological polar surface area (TPSA) is 49.4 Å². The van der Waals surface area contributed by atoms with E-state index in [0.29, 0.717) is 22.0 Å². The molecule has 0 aliphatic carbocycles. The van der Waals surface area contributed by atoms with Crippen LogP contribution < -0.4 is 5.32 Å². The summed E-state index contributed by atoms with van der Waals surface area (Å²) in [6.45, 7) is 4.18. The van der Waals surface area contributed by atoms with Gasteiger partial charge >= 0.3 is 0 Å². The van der Waals surface area contributed by atoms with Gasteiger partial charge in [-0.3, -0.25) is 9.59 Å². The van der Waals surface area contributed by atoms with Gasteiger partial charge in [-0.25, -0.2) is 4.39 Å². The second kappa shape index (κ2) is 14.4. The Bertz CT molecular complexity index is 1160. The first kappa shape index (κ1) is 29.0. The van der Waals surface area contributed by atoms with Gasteiger partial charge in [-0.1, -0.05) is 78.7 Å². The van der Waals surface area contributed by atoms with Gasteiger partial charge in [-0.15, -0.1) is 11.8 Å². The molecule has 2 atom stereocenters. The van der Waals surface area contributed by atoms with Crippen molar-refractivity contribution < 1.29 is 14.0 Å². The SMILES string of the molecule is CC[C@@H](C)NC(=O)[C@H](Cc1ccccc1)N(Cc1ccc(Cl)cc1)C(=O)CSCc1c(F)cccc1Cl. The first-order chi connectivity index (χ1) is 17.8. The van der Waals surface area contributed by atoms with Crippen molar-refractivity contribution in [3.05, 3.63) is 105 Å². The van der Waals surface area contributed by atoms with Crippen LogP contribution in [-0.4, -0.2) is 34.6 Å². The lowest BCUT2D eigenvalue weighted by atomic mass is 10.0. The third-order valence-electron chi connectivity index (χ3n) is 6.07. The molecule has 0 aliphatic heterocycles. The summed E-state index contributed by atoms with van der Waals surface area (Å²) in [7, 11) is 0. The number of hydrogen-bond donors (Lipinski definition) is 1. The Morgan fingerprint density at radius 1 is 0.973 bits per heavy atom. The quantitative estimate of drug-likeness (QED) is 0.261. The molecule has 0 aliphatic rings. The molecular formula is C29H31Cl2FN2O2S. The zero-order chi connectivity index (χ0) is 26.8. The Hall–Kier alpha value is -2.54. The van der Waals surface area contributed by atoms with Crippen molar-refractivity contribution in [1.82, 2.24) is 10.2 Å². The van der Waals surface area contributed by atoms with Gasteiger partial charge in [0.1, 0.15) is 11.9 Å². The summed E-state index contributed by atoms with van der Waals surface area (Å²) in [5.41, 5.74) is 2.17. The highest BCUT2D eigenvalue weighted by Gasteiger charge is 2.31. The molecule has 0 radical (unpaired) electrons. The van der Waals surface area contributed by atoms with E-state index in [1.165, 1.54) is 17.8 Å². The van der Waals surface area contributed by atoms with Crippen LogP contribution in [0.15, 0.2) is 72.8 Å². The van der Waals surface area contributed by atoms with Crippen LogP contribution in [0.5, 0.6) is 0 Å². The number of rotatable bonds is 12. The summed E-state index contributed by atoms with van der Waals surface area (Å²) in [5, 5.41) is 3.97. The molecule has 0 unspecified atom stereocenters. The molecule has 4 nitrogen and oxygen atoms in total. The number of carbonyl (C=O) groups is 2. The summed E-state index contributed by atoms with van der Waals surface area (Å²) in [5.74, 6) is -0.509. The van der Waals surface area contributed by atoms with Crippen LogP contribution in [0.25, 0.3) is 0 Å². The summed E-state index contributed by atoms with van der Waals surface area (Å²) in [6.07, 6.45) is 1.14. The van der Waals surface area contributed by atoms with E-state index in [9.17, 15) is 14.0 Å². The molecule has 0 saturated heterocycles. The predicted octanol–water partition coefficient (Wildman–Crippen LogP) is 6.92. The number of nitrogens with zero attached hydrogens (tertiary/aromatic N) is 1. The Labute approximate surface area is 232 Å². The maximum Gasteiger partial charge on any atom is 0.243 e. The normalized spacial score (nSPS) is 12.6. The third-order valence-corrected chi connectivity index (χ3v) is 7.62. The van der Waals surface area contributed by atoms with Gasteiger partial charge in [0.25, 0.3) is 0 Å². The summed E-state index contributed by atoms with van der Waals surface area (Å²) in [4.78, 5) is 28.7. The molecule has 0 fully saturated rings. The molecule has 8 heteroatoms. The van der Waals surface area contributed by atoms with Crippen LogP contribution in [0.3, 0.4) is 0 Å². The van der Waals surface area contributed by atoms with Crippen molar-refractivity contribution in [3.63, 3.8) is 0 Å². The molecule has 0 bridgehead atoms. The monoisotopic (exact) mass is 560 g/mol. The number of halogens is 3. The maximum atomic E-state index is 14.2. The van der Waals surface area contributed by atoms with E-state index in [1.807, 2.05) is 56.3 Å². The predicted molar refractivity (Wildman–Crippen MR) is 151 cm³/mol. The van der Waals surface area contributed by atoms with E-state index in [4.69, 9.17) is 23.2 Å². The Morgan fingerprint density at radius 3 is 2.32 bits per heavy atom. The van der Waals surface area contributed by atoms with Crippen molar-refractivity contribution >= 4 is 46.8 Å². The molecule has 3 aromatic rings. The summed E-state index contributed by atoms with van der Waals surface area (Å²) in [6, 6.07) is 20.6. The highest BCUT2D eigenvalue weighted by Crippen LogP contribution is 2.25. The smallest absolute Gasteiger partial charge is 0.243 e. The number of amides is 2. The van der Waals surface area contributed by atoms with Gasteiger partial charge in [-0.05, 0) is 48.7 Å². The largest absolute Gasteiger partial charge is 0.352 e. The first-order valence-corrected chi connectivity index (χ1v) is 14.1. The molecule has 2 amide bonds. The average Bonchev–Trinajstić information content (AvgIpc) is 2.89. The van der Waals surface area contributed by atoms with Crippen molar-refractivity contribution in [1.29, 1.82) is 0 Å². The summed E-state index contributed by atoms with van der Waals surface area (Å²) < 4.78 is 14.2. The van der Waals surface area contributed by atoms with Crippen LogP contribution in [0.1, 0.15) is 37.0 Å². The number of hydrogen-bond acceptors (Lipinski definition) is 3. The van der Waals surface area contributed by atoms with Crippen LogP contribution in [0.2, 0.25) is 10.0 Å². The number of carbonyl (C=O) groups excluding carboxylic acids is 2. The molecule has 1 N–H and O–H groups in total. The van der Waals surface area contributed by atoms with Crippen LogP contribution in [0, 0.1) is 5.82 Å². The van der Waals surface area contributed by atoms with Gasteiger partial charge in [0.15, 0.2) is 0 Å². The molecular weight excluding hydrogens is 530 g/mol. The molecule has 196 valence electrons. The van der Waals surface area contributed by atoms with Crippen LogP contribution >= 0.6 is 35.0 Å². The number of nitrogens with one attached hydrogen (secondary N) is 1. The van der Waals surface area contributed by atoms with E-state index in [2.05, 4.69) is 5.32 Å². The molecule has 0 heterocycles. The average molecular weight is 562 g/mol. The van der Waals surface area contributed by atoms with Gasteiger partial charge in [0, 0.05) is 40.4 Å². The first-order valence-electron chi connectivity index (χ1n) is 12.2. The number of benzene rings is 3. The zero-order valence-electron chi connectivity index (χ0n) is 20.9. The van der Waals surface area contributed by atoms with Crippen molar-refractivity contribution in [3.8, 4) is 0 Å². The second-order valence-electron chi connectivity index (χ2n) is 8.86. The van der Waals surface area contributed by atoms with Gasteiger partial charge < -0.3 is 10.2 Å². The second-order valence-corrected chi connectivity index (χ2v) is 10.7. The lowest BCUT2D eigenvalue weighted by Crippen LogP contribution is -2.52. The number of thioether (sulfide) groups is 1. The fraction of sp³-hybridized carbons (Fsp3) is 0.310.